The second-order valence-corrected chi connectivity index (χ2v) is 7.91. The van der Waals surface area contributed by atoms with Crippen molar-refractivity contribution in [3.8, 4) is 17.2 Å². The normalized spacial score (nSPS) is 12.5. The van der Waals surface area contributed by atoms with Gasteiger partial charge < -0.3 is 19.1 Å². The molecule has 2 aromatic carbocycles. The van der Waals surface area contributed by atoms with Gasteiger partial charge in [-0.15, -0.1) is 0 Å². The Hall–Kier alpha value is -1.70. The molecule has 0 amide bonds. The van der Waals surface area contributed by atoms with Crippen LogP contribution in [-0.4, -0.2) is 17.6 Å². The zero-order chi connectivity index (χ0) is 21.8. The number of aromatic nitrogens is 1. The molecule has 0 N–H and O–H groups in total. The SMILES string of the molecule is Cc1ccc(-c2nc(CCOc3cccc4c3CCC=C4CCC(=O)[O-])c(C)o2)cc1.[K+]. The molecule has 160 valence electrons. The van der Waals surface area contributed by atoms with Gasteiger partial charge >= 0.3 is 51.4 Å². The number of ether oxygens (including phenoxy) is 1. The zero-order valence-electron chi connectivity index (χ0n) is 18.9. The number of aryl methyl sites for hydroxylation is 2. The number of carbonyl (C=O) groups is 1. The molecule has 1 aromatic heterocycles. The summed E-state index contributed by atoms with van der Waals surface area (Å²) in [6, 6.07) is 14.1. The minimum atomic E-state index is -1.02. The van der Waals surface area contributed by atoms with E-state index < -0.39 is 5.97 Å². The third-order valence-electron chi connectivity index (χ3n) is 5.65. The molecule has 0 bridgehead atoms. The molecule has 1 aliphatic carbocycles. The van der Waals surface area contributed by atoms with Crippen molar-refractivity contribution in [2.24, 2.45) is 0 Å². The maximum atomic E-state index is 10.9. The van der Waals surface area contributed by atoms with E-state index in [9.17, 15) is 9.90 Å². The van der Waals surface area contributed by atoms with Crippen LogP contribution in [0.2, 0.25) is 0 Å². The number of fused-ring (bicyclic) bond motifs is 1. The second kappa shape index (κ2) is 11.4. The fraction of sp³-hybridized carbons (Fsp3) is 0.308. The van der Waals surface area contributed by atoms with Crippen molar-refractivity contribution in [2.45, 2.75) is 46.0 Å². The molecular weight excluding hydrogens is 429 g/mol. The first-order valence-corrected chi connectivity index (χ1v) is 10.7. The van der Waals surface area contributed by atoms with Gasteiger partial charge in [0.25, 0.3) is 0 Å². The number of hydrogen-bond donors (Lipinski definition) is 0. The van der Waals surface area contributed by atoms with Crippen LogP contribution in [0.1, 0.15) is 47.4 Å². The third-order valence-corrected chi connectivity index (χ3v) is 5.65. The van der Waals surface area contributed by atoms with Crippen LogP contribution in [0.5, 0.6) is 5.75 Å². The van der Waals surface area contributed by atoms with Crippen molar-refractivity contribution < 1.29 is 70.4 Å². The number of carboxylic acids is 1. The van der Waals surface area contributed by atoms with Gasteiger partial charge in [0.1, 0.15) is 11.5 Å². The number of hydrogen-bond acceptors (Lipinski definition) is 5. The number of aliphatic carboxylic acids is 1. The number of oxazole rings is 1. The topological polar surface area (TPSA) is 75.4 Å². The predicted molar refractivity (Wildman–Crippen MR) is 118 cm³/mol. The second-order valence-electron chi connectivity index (χ2n) is 7.91. The van der Waals surface area contributed by atoms with Crippen molar-refractivity contribution in [3.05, 3.63) is 76.7 Å². The van der Waals surface area contributed by atoms with Crippen molar-refractivity contribution >= 4 is 11.5 Å². The minimum absolute atomic E-state index is 0. The molecule has 3 aromatic rings. The number of rotatable bonds is 8. The number of nitrogens with zero attached hydrogens (tertiary/aromatic N) is 1. The molecule has 6 heteroatoms. The Kier molecular flexibility index (Phi) is 8.91. The van der Waals surface area contributed by atoms with Gasteiger partial charge in [0.2, 0.25) is 5.89 Å². The molecule has 32 heavy (non-hydrogen) atoms. The fourth-order valence-electron chi connectivity index (χ4n) is 3.97. The molecule has 1 heterocycles. The molecule has 4 rings (SSSR count). The van der Waals surface area contributed by atoms with Crippen LogP contribution in [0.3, 0.4) is 0 Å². The average Bonchev–Trinajstić information content (AvgIpc) is 3.13. The summed E-state index contributed by atoms with van der Waals surface area (Å²) < 4.78 is 12.0. The van der Waals surface area contributed by atoms with Gasteiger partial charge in [-0.05, 0) is 68.9 Å². The van der Waals surface area contributed by atoms with E-state index in [1.807, 2.05) is 49.4 Å². The molecule has 0 spiro atoms. The summed E-state index contributed by atoms with van der Waals surface area (Å²) in [6.45, 7) is 4.48. The number of allylic oxidation sites excluding steroid dienone is 2. The monoisotopic (exact) mass is 455 g/mol. The molecule has 5 nitrogen and oxygen atoms in total. The molecule has 0 radical (unpaired) electrons. The zero-order valence-corrected chi connectivity index (χ0v) is 22.1. The average molecular weight is 456 g/mol. The van der Waals surface area contributed by atoms with E-state index in [0.717, 1.165) is 52.3 Å². The van der Waals surface area contributed by atoms with E-state index in [1.54, 1.807) is 0 Å². The van der Waals surface area contributed by atoms with Crippen LogP contribution < -0.4 is 61.2 Å². The first-order chi connectivity index (χ1) is 15.0. The summed E-state index contributed by atoms with van der Waals surface area (Å²) in [5, 5.41) is 10.9. The first kappa shape index (κ1) is 24.9. The summed E-state index contributed by atoms with van der Waals surface area (Å²) in [5.74, 6) is 1.28. The fourth-order valence-corrected chi connectivity index (χ4v) is 3.97. The smallest absolute Gasteiger partial charge is 0.550 e. The van der Waals surface area contributed by atoms with Gasteiger partial charge in [-0.25, -0.2) is 4.98 Å². The van der Waals surface area contributed by atoms with Crippen LogP contribution in [0, 0.1) is 13.8 Å². The molecular formula is C26H26KNO4. The number of benzene rings is 2. The standard InChI is InChI=1S/C26H27NO4.K/c1-17-9-11-20(12-10-17)26-27-23(18(2)31-26)15-16-30-24-8-4-6-21-19(13-14-25(28)29)5-3-7-22(21)24;/h4-6,8-12H,3,7,13-16H2,1-2H3,(H,28,29);/q;+1/p-1. The Bertz CT molecular complexity index is 1120. The predicted octanol–water partition coefficient (Wildman–Crippen LogP) is 1.44. The van der Waals surface area contributed by atoms with Crippen molar-refractivity contribution in [1.82, 2.24) is 4.98 Å². The van der Waals surface area contributed by atoms with E-state index in [-0.39, 0.29) is 57.8 Å². The maximum absolute atomic E-state index is 10.9. The van der Waals surface area contributed by atoms with Crippen molar-refractivity contribution in [1.29, 1.82) is 0 Å². The van der Waals surface area contributed by atoms with Gasteiger partial charge in [0.05, 0.1) is 12.3 Å². The molecule has 0 unspecified atom stereocenters. The number of carboxylic acid groups (broad SMARTS) is 1. The minimum Gasteiger partial charge on any atom is -0.550 e. The van der Waals surface area contributed by atoms with E-state index in [4.69, 9.17) is 9.15 Å². The summed E-state index contributed by atoms with van der Waals surface area (Å²) >= 11 is 0. The van der Waals surface area contributed by atoms with E-state index in [2.05, 4.69) is 18.0 Å². The first-order valence-electron chi connectivity index (χ1n) is 10.7. The van der Waals surface area contributed by atoms with Crippen LogP contribution in [0.15, 0.2) is 53.0 Å². The summed E-state index contributed by atoms with van der Waals surface area (Å²) in [5.41, 5.74) is 6.36. The molecule has 0 saturated carbocycles. The van der Waals surface area contributed by atoms with Crippen LogP contribution in [0.25, 0.3) is 17.0 Å². The Morgan fingerprint density at radius 2 is 1.91 bits per heavy atom. The van der Waals surface area contributed by atoms with Gasteiger partial charge in [-0.2, -0.15) is 0 Å². The molecule has 0 saturated heterocycles. The van der Waals surface area contributed by atoms with Gasteiger partial charge in [-0.1, -0.05) is 35.9 Å². The van der Waals surface area contributed by atoms with Gasteiger partial charge in [0, 0.05) is 23.5 Å². The molecule has 0 atom stereocenters. The summed E-state index contributed by atoms with van der Waals surface area (Å²) in [6.07, 6.45) is 5.07. The van der Waals surface area contributed by atoms with Gasteiger partial charge in [0.15, 0.2) is 0 Å². The van der Waals surface area contributed by atoms with E-state index in [1.165, 1.54) is 5.56 Å². The number of carbonyl (C=O) groups excluding carboxylic acids is 1. The van der Waals surface area contributed by atoms with Crippen LogP contribution >= 0.6 is 0 Å². The molecule has 0 fully saturated rings. The quantitative estimate of drug-likeness (QED) is 0.481. The Balaban J connectivity index is 0.00000289. The van der Waals surface area contributed by atoms with Crippen molar-refractivity contribution in [3.63, 3.8) is 0 Å². The van der Waals surface area contributed by atoms with Crippen molar-refractivity contribution in [2.75, 3.05) is 6.61 Å². The Morgan fingerprint density at radius 3 is 2.66 bits per heavy atom. The van der Waals surface area contributed by atoms with Gasteiger partial charge in [-0.3, -0.25) is 0 Å². The third kappa shape index (κ3) is 6.00. The van der Waals surface area contributed by atoms with Crippen LogP contribution in [-0.2, 0) is 17.6 Å². The van der Waals surface area contributed by atoms with E-state index >= 15 is 0 Å². The molecule has 0 aliphatic heterocycles. The Morgan fingerprint density at radius 1 is 1.12 bits per heavy atom. The largest absolute Gasteiger partial charge is 1.00 e. The van der Waals surface area contributed by atoms with Crippen LogP contribution in [0.4, 0.5) is 0 Å². The summed E-state index contributed by atoms with van der Waals surface area (Å²) in [4.78, 5) is 15.5. The van der Waals surface area contributed by atoms with E-state index in [0.29, 0.717) is 25.3 Å². The summed E-state index contributed by atoms with van der Waals surface area (Å²) in [7, 11) is 0. The molecule has 1 aliphatic rings. The Labute approximate surface area is 231 Å². The maximum Gasteiger partial charge on any atom is 1.00 e.